The van der Waals surface area contributed by atoms with E-state index in [0.717, 1.165) is 109 Å². The molecule has 20 heteroatoms. The van der Waals surface area contributed by atoms with Gasteiger partial charge in [0, 0.05) is 101 Å². The number of benzene rings is 2. The Hall–Kier alpha value is -5.93. The summed E-state index contributed by atoms with van der Waals surface area (Å²) in [5, 5.41) is 25.7. The van der Waals surface area contributed by atoms with Gasteiger partial charge in [0.1, 0.15) is 22.1 Å². The molecule has 0 unspecified atom stereocenters. The van der Waals surface area contributed by atoms with Crippen LogP contribution in [0.3, 0.4) is 0 Å². The molecule has 3 saturated heterocycles. The number of rotatable bonds is 15. The number of fused-ring (bicyclic) bond motifs is 1. The number of hydrogen-bond donors (Lipinski definition) is 4. The van der Waals surface area contributed by atoms with E-state index in [4.69, 9.17) is 14.2 Å². The molecule has 3 aliphatic heterocycles. The van der Waals surface area contributed by atoms with Gasteiger partial charge in [-0.25, -0.2) is 22.5 Å². The molecule has 5 fully saturated rings. The van der Waals surface area contributed by atoms with Gasteiger partial charge in [0.15, 0.2) is 5.75 Å². The number of aliphatic hydroxyl groups is 1. The maximum absolute atomic E-state index is 14.9. The van der Waals surface area contributed by atoms with E-state index in [1.807, 2.05) is 0 Å². The van der Waals surface area contributed by atoms with Gasteiger partial charge in [0.05, 0.1) is 34.8 Å². The fourth-order valence-corrected chi connectivity index (χ4v) is 13.1. The zero-order chi connectivity index (χ0) is 51.9. The van der Waals surface area contributed by atoms with Gasteiger partial charge >= 0.3 is 5.69 Å². The quantitative estimate of drug-likeness (QED) is 0.0570. The number of piperazine rings is 1. The first-order chi connectivity index (χ1) is 35.5. The highest BCUT2D eigenvalue weighted by Gasteiger charge is 2.50. The maximum Gasteiger partial charge on any atom is 0.312 e. The third-order valence-corrected chi connectivity index (χ3v) is 17.9. The summed E-state index contributed by atoms with van der Waals surface area (Å²) in [6, 6.07) is 17.5. The first-order valence-electron chi connectivity index (χ1n) is 26.1. The van der Waals surface area contributed by atoms with Crippen molar-refractivity contribution in [1.82, 2.24) is 29.5 Å². The second-order valence-corrected chi connectivity index (χ2v) is 23.5. The Labute approximate surface area is 431 Å². The van der Waals surface area contributed by atoms with Crippen LogP contribution in [0.25, 0.3) is 11.0 Å². The first-order valence-corrected chi connectivity index (χ1v) is 27.6. The maximum atomic E-state index is 14.9. The Kier molecular flexibility index (Phi) is 14.6. The van der Waals surface area contributed by atoms with Crippen LogP contribution in [0.2, 0.25) is 0 Å². The number of carbonyl (C=O) groups excluding carboxylic acids is 1. The smallest absolute Gasteiger partial charge is 0.312 e. The van der Waals surface area contributed by atoms with Crippen molar-refractivity contribution in [3.05, 3.63) is 99.6 Å². The molecule has 0 radical (unpaired) electrons. The zero-order valence-electron chi connectivity index (χ0n) is 42.6. The fraction of sp³-hybridized carbons (Fsp3) is 0.537. The number of amides is 1. The highest BCUT2D eigenvalue weighted by Crippen LogP contribution is 2.54. The Morgan fingerprint density at radius 2 is 1.74 bits per heavy atom. The van der Waals surface area contributed by atoms with Crippen molar-refractivity contribution in [3.63, 3.8) is 0 Å². The summed E-state index contributed by atoms with van der Waals surface area (Å²) >= 11 is 0. The minimum Gasteiger partial charge on any atom is -0.478 e. The molecule has 6 heterocycles. The van der Waals surface area contributed by atoms with Crippen molar-refractivity contribution in [1.29, 1.82) is 0 Å². The molecule has 396 valence electrons. The third-order valence-electron chi connectivity index (χ3n) is 16.6. The van der Waals surface area contributed by atoms with Crippen LogP contribution in [-0.2, 0) is 14.8 Å². The minimum atomic E-state index is -4.73. The fourth-order valence-electron chi connectivity index (χ4n) is 12.2. The summed E-state index contributed by atoms with van der Waals surface area (Å²) in [4.78, 5) is 44.1. The average Bonchev–Trinajstić information content (AvgIpc) is 3.75. The molecule has 3 aromatic heterocycles. The summed E-state index contributed by atoms with van der Waals surface area (Å²) in [5.41, 5.74) is 2.51. The number of anilines is 2. The molecule has 18 nitrogen and oxygen atoms in total. The van der Waals surface area contributed by atoms with E-state index in [-0.39, 0.29) is 51.1 Å². The van der Waals surface area contributed by atoms with Gasteiger partial charge in [-0.1, -0.05) is 38.1 Å². The Bertz CT molecular complexity index is 2980. The molecular weight excluding hydrogens is 970 g/mol. The number of H-pyrrole nitrogens is 1. The minimum absolute atomic E-state index is 0.00874. The normalized spacial score (nSPS) is 23.2. The molecule has 5 aliphatic rings. The number of nitrogens with zero attached hydrogens (tertiary/aromatic N) is 6. The van der Waals surface area contributed by atoms with Crippen molar-refractivity contribution in [2.24, 2.45) is 11.3 Å². The van der Waals surface area contributed by atoms with E-state index >= 15 is 0 Å². The molecule has 2 saturated carbocycles. The highest BCUT2D eigenvalue weighted by molar-refractivity contribution is 7.90. The number of methoxy groups -OCH3 is 1. The molecule has 2 aromatic carbocycles. The lowest BCUT2D eigenvalue weighted by atomic mass is 9.59. The number of nitrogens with one attached hydrogen (secondary N) is 3. The van der Waals surface area contributed by atoms with Crippen LogP contribution in [0, 0.1) is 27.3 Å². The second kappa shape index (κ2) is 21.0. The van der Waals surface area contributed by atoms with Gasteiger partial charge in [-0.15, -0.1) is 0 Å². The summed E-state index contributed by atoms with van der Waals surface area (Å²) in [7, 11) is -3.36. The van der Waals surface area contributed by atoms with Gasteiger partial charge < -0.3 is 34.5 Å². The number of hydrogen-bond acceptors (Lipinski definition) is 15. The lowest BCUT2D eigenvalue weighted by molar-refractivity contribution is -0.384. The predicted molar refractivity (Wildman–Crippen MR) is 278 cm³/mol. The van der Waals surface area contributed by atoms with Crippen molar-refractivity contribution >= 4 is 44.2 Å². The van der Waals surface area contributed by atoms with Gasteiger partial charge in [-0.3, -0.25) is 24.7 Å². The summed E-state index contributed by atoms with van der Waals surface area (Å²) in [5.74, 6) is -1.29. The molecule has 1 spiro atoms. The topological polar surface area (TPSA) is 218 Å². The van der Waals surface area contributed by atoms with Gasteiger partial charge in [-0.05, 0) is 112 Å². The van der Waals surface area contributed by atoms with Crippen LogP contribution in [0.5, 0.6) is 17.4 Å². The van der Waals surface area contributed by atoms with Crippen LogP contribution >= 0.6 is 0 Å². The van der Waals surface area contributed by atoms with Crippen molar-refractivity contribution in [2.45, 2.75) is 120 Å². The lowest BCUT2D eigenvalue weighted by Gasteiger charge is -2.59. The van der Waals surface area contributed by atoms with E-state index in [2.05, 4.69) is 77.8 Å². The van der Waals surface area contributed by atoms with Crippen molar-refractivity contribution in [3.8, 4) is 17.4 Å². The van der Waals surface area contributed by atoms with E-state index in [1.165, 1.54) is 30.4 Å². The number of ether oxygens (including phenoxy) is 3. The molecule has 10 rings (SSSR count). The van der Waals surface area contributed by atoms with Crippen LogP contribution in [0.4, 0.5) is 21.6 Å². The Balaban J connectivity index is 0.861. The standard InChI is InChI=1S/C54H68FN9O9S/c1-34(2)40-7-5-6-8-41(40)46-33-62(36-13-23-72-24-14-36)21-22-63(46)38-28-54(29-38)17-19-61(20-18-54)37-9-10-42(47(25-37)73-48-27-43-44(55)32-58-49(43)59-52(48)71-4)51(65)60-74(69,70)39-26-45(64(67)68)50(57-31-39)56-30-35-11-15-53(3,66)16-12-35/h5-10,25-27,31-32,34-36,38,46,66H,11-24,28-30,33H2,1-4H3,(H,56,57)(H,58,59)(H,60,65)/t35?,46-,53?/m0/s1. The van der Waals surface area contributed by atoms with Gasteiger partial charge in [0.2, 0.25) is 5.82 Å². The van der Waals surface area contributed by atoms with Gasteiger partial charge in [-0.2, -0.15) is 4.98 Å². The SMILES string of the molecule is COc1nc2[nH]cc(F)c2cc1Oc1cc(N2CCC3(CC2)CC(N2CCN(C4CCOCC4)C[C@H]2c2ccccc2C(C)C)C3)ccc1C(=O)NS(=O)(=O)c1cnc(NCC2CCC(C)(O)CC2)c([N+](=O)[O-])c1. The second-order valence-electron chi connectivity index (χ2n) is 21.8. The van der Waals surface area contributed by atoms with Gasteiger partial charge in [0.25, 0.3) is 21.8 Å². The number of nitro groups is 1. The van der Waals surface area contributed by atoms with Crippen molar-refractivity contribution < 1.29 is 41.8 Å². The van der Waals surface area contributed by atoms with Crippen LogP contribution in [0.1, 0.15) is 118 Å². The van der Waals surface area contributed by atoms with E-state index < -0.39 is 42.9 Å². The molecular formula is C54H68FN9O9S. The number of carbonyl (C=O) groups is 1. The average molecular weight is 1040 g/mol. The van der Waals surface area contributed by atoms with E-state index in [1.54, 1.807) is 19.1 Å². The molecule has 1 amide bonds. The molecule has 5 aromatic rings. The van der Waals surface area contributed by atoms with E-state index in [9.17, 15) is 32.8 Å². The monoisotopic (exact) mass is 1040 g/mol. The van der Waals surface area contributed by atoms with Crippen LogP contribution in [-0.4, -0.2) is 126 Å². The molecule has 4 N–H and O–H groups in total. The Morgan fingerprint density at radius 3 is 2.46 bits per heavy atom. The first kappa shape index (κ1) is 51.6. The highest BCUT2D eigenvalue weighted by atomic mass is 32.2. The predicted octanol–water partition coefficient (Wildman–Crippen LogP) is 8.69. The largest absolute Gasteiger partial charge is 0.478 e. The van der Waals surface area contributed by atoms with Crippen molar-refractivity contribution in [2.75, 3.05) is 69.8 Å². The van der Waals surface area contributed by atoms with Crippen LogP contribution in [0.15, 0.2) is 71.9 Å². The zero-order valence-corrected chi connectivity index (χ0v) is 43.5. The molecule has 0 bridgehead atoms. The Morgan fingerprint density at radius 1 is 1.00 bits per heavy atom. The number of sulfonamides is 1. The number of halogens is 1. The van der Waals surface area contributed by atoms with E-state index in [0.29, 0.717) is 56.3 Å². The summed E-state index contributed by atoms with van der Waals surface area (Å²) in [6.45, 7) is 13.0. The lowest BCUT2D eigenvalue weighted by Crippen LogP contribution is -2.61. The molecule has 74 heavy (non-hydrogen) atoms. The number of aromatic nitrogens is 3. The molecule has 2 aliphatic carbocycles. The summed E-state index contributed by atoms with van der Waals surface area (Å²) < 4.78 is 62.3. The number of pyridine rings is 2. The molecule has 1 atom stereocenters. The summed E-state index contributed by atoms with van der Waals surface area (Å²) in [6.07, 6.45) is 11.1. The third kappa shape index (κ3) is 10.8. The van der Waals surface area contributed by atoms with Crippen LogP contribution < -0.4 is 24.4 Å². The number of piperidine rings is 1. The number of aromatic amines is 1.